The van der Waals surface area contributed by atoms with Gasteiger partial charge < -0.3 is 10.2 Å². The van der Waals surface area contributed by atoms with E-state index in [1.165, 1.54) is 51.7 Å². The lowest BCUT2D eigenvalue weighted by atomic mass is 9.77. The lowest BCUT2D eigenvalue weighted by Crippen LogP contribution is -2.42. The van der Waals surface area contributed by atoms with E-state index in [0.717, 1.165) is 29.7 Å². The number of rotatable bonds is 4. The van der Waals surface area contributed by atoms with Gasteiger partial charge in [-0.2, -0.15) is 0 Å². The third kappa shape index (κ3) is 4.46. The van der Waals surface area contributed by atoms with E-state index in [4.69, 9.17) is 0 Å². The Morgan fingerprint density at radius 1 is 1.05 bits per heavy atom. The molecular formula is C17H34N2. The summed E-state index contributed by atoms with van der Waals surface area (Å²) in [6, 6.07) is 0.788. The number of hydrogen-bond acceptors (Lipinski definition) is 2. The van der Waals surface area contributed by atoms with E-state index in [-0.39, 0.29) is 0 Å². The highest BCUT2D eigenvalue weighted by Crippen LogP contribution is 2.31. The van der Waals surface area contributed by atoms with Crippen LogP contribution in [0.3, 0.4) is 0 Å². The summed E-state index contributed by atoms with van der Waals surface area (Å²) in [4.78, 5) is 2.48. The Bertz CT molecular complexity index is 256. The molecule has 112 valence electrons. The molecule has 2 nitrogen and oxygen atoms in total. The van der Waals surface area contributed by atoms with Crippen LogP contribution in [0, 0.1) is 23.7 Å². The van der Waals surface area contributed by atoms with Gasteiger partial charge in [-0.3, -0.25) is 0 Å². The van der Waals surface area contributed by atoms with Crippen molar-refractivity contribution in [1.29, 1.82) is 0 Å². The van der Waals surface area contributed by atoms with Crippen molar-refractivity contribution in [3.63, 3.8) is 0 Å². The molecule has 0 aromatic heterocycles. The molecule has 0 amide bonds. The Kier molecular flexibility index (Phi) is 5.70. The Morgan fingerprint density at radius 2 is 1.74 bits per heavy atom. The van der Waals surface area contributed by atoms with Gasteiger partial charge >= 0.3 is 0 Å². The maximum Gasteiger partial charge on any atom is 0.00724 e. The highest BCUT2D eigenvalue weighted by molar-refractivity contribution is 4.84. The van der Waals surface area contributed by atoms with Crippen molar-refractivity contribution in [3.8, 4) is 0 Å². The quantitative estimate of drug-likeness (QED) is 0.839. The van der Waals surface area contributed by atoms with Crippen molar-refractivity contribution in [2.24, 2.45) is 23.7 Å². The highest BCUT2D eigenvalue weighted by Gasteiger charge is 2.28. The fourth-order valence-electron chi connectivity index (χ4n) is 4.06. The SMILES string of the molecule is CC(C)C1CCNC(CC(C)C2CCN(C)CC2)C1. The zero-order chi connectivity index (χ0) is 13.8. The van der Waals surface area contributed by atoms with Gasteiger partial charge in [-0.25, -0.2) is 0 Å². The molecule has 0 spiro atoms. The molecule has 3 atom stereocenters. The number of nitrogens with one attached hydrogen (secondary N) is 1. The maximum absolute atomic E-state index is 3.77. The zero-order valence-corrected chi connectivity index (χ0v) is 13.5. The molecular weight excluding hydrogens is 232 g/mol. The summed E-state index contributed by atoms with van der Waals surface area (Å²) in [5.41, 5.74) is 0. The van der Waals surface area contributed by atoms with Crippen LogP contribution in [0.2, 0.25) is 0 Å². The van der Waals surface area contributed by atoms with Crippen molar-refractivity contribution in [3.05, 3.63) is 0 Å². The lowest BCUT2D eigenvalue weighted by molar-refractivity contribution is 0.150. The van der Waals surface area contributed by atoms with Crippen molar-refractivity contribution in [2.75, 3.05) is 26.7 Å². The van der Waals surface area contributed by atoms with Gasteiger partial charge in [-0.1, -0.05) is 20.8 Å². The van der Waals surface area contributed by atoms with Crippen LogP contribution in [-0.4, -0.2) is 37.6 Å². The minimum atomic E-state index is 0.788. The van der Waals surface area contributed by atoms with Gasteiger partial charge in [0.05, 0.1) is 0 Å². The highest BCUT2D eigenvalue weighted by atomic mass is 15.1. The summed E-state index contributed by atoms with van der Waals surface area (Å²) in [6.45, 7) is 11.1. The average molecular weight is 266 g/mol. The molecule has 0 saturated carbocycles. The summed E-state index contributed by atoms with van der Waals surface area (Å²) in [5.74, 6) is 3.69. The third-order valence-electron chi connectivity index (χ3n) is 5.70. The van der Waals surface area contributed by atoms with Crippen LogP contribution >= 0.6 is 0 Å². The second-order valence-corrected chi connectivity index (χ2v) is 7.53. The molecule has 2 aliphatic heterocycles. The van der Waals surface area contributed by atoms with Crippen LogP contribution < -0.4 is 5.32 Å². The first-order valence-corrected chi connectivity index (χ1v) is 8.48. The Labute approximate surface area is 120 Å². The normalized spacial score (nSPS) is 32.7. The topological polar surface area (TPSA) is 15.3 Å². The first kappa shape index (κ1) is 15.3. The maximum atomic E-state index is 3.77. The molecule has 2 rings (SSSR count). The van der Waals surface area contributed by atoms with E-state index in [1.54, 1.807) is 0 Å². The van der Waals surface area contributed by atoms with Crippen LogP contribution in [0.5, 0.6) is 0 Å². The molecule has 2 heteroatoms. The van der Waals surface area contributed by atoms with Gasteiger partial charge in [0.15, 0.2) is 0 Å². The minimum absolute atomic E-state index is 0.788. The van der Waals surface area contributed by atoms with Gasteiger partial charge in [0.1, 0.15) is 0 Å². The molecule has 2 saturated heterocycles. The Morgan fingerprint density at radius 3 is 2.37 bits per heavy atom. The number of hydrogen-bond donors (Lipinski definition) is 1. The molecule has 2 aliphatic rings. The standard InChI is InChI=1S/C17H34N2/c1-13(2)16-5-8-18-17(12-16)11-14(3)15-6-9-19(4)10-7-15/h13-18H,5-12H2,1-4H3. The van der Waals surface area contributed by atoms with E-state index < -0.39 is 0 Å². The third-order valence-corrected chi connectivity index (χ3v) is 5.70. The number of nitrogens with zero attached hydrogens (tertiary/aromatic N) is 1. The molecule has 2 fully saturated rings. The average Bonchev–Trinajstić information content (AvgIpc) is 2.39. The smallest absolute Gasteiger partial charge is 0.00724 e. The molecule has 0 aliphatic carbocycles. The van der Waals surface area contributed by atoms with Gasteiger partial charge in [-0.15, -0.1) is 0 Å². The van der Waals surface area contributed by atoms with Crippen LogP contribution in [0.1, 0.15) is 52.9 Å². The molecule has 0 bridgehead atoms. The van der Waals surface area contributed by atoms with E-state index in [2.05, 4.69) is 38.0 Å². The predicted octanol–water partition coefficient (Wildman–Crippen LogP) is 3.38. The fraction of sp³-hybridized carbons (Fsp3) is 1.00. The second-order valence-electron chi connectivity index (χ2n) is 7.53. The first-order chi connectivity index (χ1) is 9.06. The molecule has 0 aromatic carbocycles. The second kappa shape index (κ2) is 7.08. The fourth-order valence-corrected chi connectivity index (χ4v) is 4.06. The lowest BCUT2D eigenvalue weighted by Gasteiger charge is -2.37. The summed E-state index contributed by atoms with van der Waals surface area (Å²) < 4.78 is 0. The van der Waals surface area contributed by atoms with Gasteiger partial charge in [0.2, 0.25) is 0 Å². The van der Waals surface area contributed by atoms with Crippen LogP contribution in [0.25, 0.3) is 0 Å². The van der Waals surface area contributed by atoms with Crippen LogP contribution in [0.4, 0.5) is 0 Å². The number of piperidine rings is 2. The summed E-state index contributed by atoms with van der Waals surface area (Å²) >= 11 is 0. The zero-order valence-electron chi connectivity index (χ0n) is 13.5. The number of likely N-dealkylation sites (tertiary alicyclic amines) is 1. The van der Waals surface area contributed by atoms with Crippen LogP contribution in [-0.2, 0) is 0 Å². The molecule has 2 heterocycles. The molecule has 0 aromatic rings. The Hall–Kier alpha value is -0.0800. The summed E-state index contributed by atoms with van der Waals surface area (Å²) in [7, 11) is 2.26. The summed E-state index contributed by atoms with van der Waals surface area (Å²) in [6.07, 6.45) is 7.03. The van der Waals surface area contributed by atoms with E-state index in [1.807, 2.05) is 0 Å². The molecule has 3 unspecified atom stereocenters. The Balaban J connectivity index is 1.76. The van der Waals surface area contributed by atoms with Gasteiger partial charge in [-0.05, 0) is 82.5 Å². The predicted molar refractivity (Wildman–Crippen MR) is 83.4 cm³/mol. The van der Waals surface area contributed by atoms with E-state index in [0.29, 0.717) is 0 Å². The largest absolute Gasteiger partial charge is 0.314 e. The van der Waals surface area contributed by atoms with Crippen LogP contribution in [0.15, 0.2) is 0 Å². The molecule has 1 N–H and O–H groups in total. The van der Waals surface area contributed by atoms with Crippen molar-refractivity contribution >= 4 is 0 Å². The monoisotopic (exact) mass is 266 g/mol. The van der Waals surface area contributed by atoms with Crippen molar-refractivity contribution in [1.82, 2.24) is 10.2 Å². The molecule has 19 heavy (non-hydrogen) atoms. The van der Waals surface area contributed by atoms with Gasteiger partial charge in [0, 0.05) is 6.04 Å². The van der Waals surface area contributed by atoms with Gasteiger partial charge in [0.25, 0.3) is 0 Å². The minimum Gasteiger partial charge on any atom is -0.314 e. The first-order valence-electron chi connectivity index (χ1n) is 8.48. The van der Waals surface area contributed by atoms with E-state index >= 15 is 0 Å². The van der Waals surface area contributed by atoms with Crippen molar-refractivity contribution < 1.29 is 0 Å². The van der Waals surface area contributed by atoms with Crippen molar-refractivity contribution in [2.45, 2.75) is 58.9 Å². The molecule has 0 radical (unpaired) electrons. The van der Waals surface area contributed by atoms with E-state index in [9.17, 15) is 0 Å². The summed E-state index contributed by atoms with van der Waals surface area (Å²) in [5, 5.41) is 3.77.